The number of nitrogens with zero attached hydrogens (tertiary/aromatic N) is 3. The van der Waals surface area contributed by atoms with Gasteiger partial charge in [0, 0.05) is 37.2 Å². The molecule has 1 heterocycles. The summed E-state index contributed by atoms with van der Waals surface area (Å²) in [5, 5.41) is 16.5. The van der Waals surface area contributed by atoms with Crippen LogP contribution in [0.15, 0.2) is 9.79 Å². The number of H-pyrrole nitrogens is 1. The maximum atomic E-state index is 12.6. The number of amides is 3. The predicted molar refractivity (Wildman–Crippen MR) is 139 cm³/mol. The van der Waals surface area contributed by atoms with Gasteiger partial charge in [0.2, 0.25) is 12.0 Å². The molecule has 12 nitrogen and oxygen atoms in total. The van der Waals surface area contributed by atoms with Gasteiger partial charge in [-0.1, -0.05) is 39.5 Å². The number of urea groups is 1. The first kappa shape index (κ1) is 31.3. The Kier molecular flexibility index (Phi) is 16.5. The molecular weight excluding hydrogens is 478 g/mol. The van der Waals surface area contributed by atoms with Gasteiger partial charge in [-0.3, -0.25) is 10.1 Å². The van der Waals surface area contributed by atoms with E-state index in [9.17, 15) is 19.2 Å². The lowest BCUT2D eigenvalue weighted by Crippen LogP contribution is -2.32. The number of nitrogens with one attached hydrogen (secondary N) is 4. The van der Waals surface area contributed by atoms with E-state index in [1.807, 2.05) is 13.8 Å². The smallest absolute Gasteiger partial charge is 0.407 e. The number of aromatic amines is 1. The molecule has 37 heavy (non-hydrogen) atoms. The molecule has 0 saturated heterocycles. The van der Waals surface area contributed by atoms with Crippen LogP contribution in [0.25, 0.3) is 0 Å². The average Bonchev–Trinajstić information content (AvgIpc) is 2.86. The molecule has 1 aromatic heterocycles. The number of rotatable bonds is 18. The molecule has 1 rings (SSSR count). The number of aromatic nitrogens is 2. The molecule has 0 radical (unpaired) electrons. The molecule has 0 fully saturated rings. The van der Waals surface area contributed by atoms with Crippen LogP contribution in [-0.2, 0) is 16.0 Å². The molecule has 204 valence electrons. The number of unbranched alkanes of at least 4 members (excludes halogenated alkanes) is 7. The van der Waals surface area contributed by atoms with Gasteiger partial charge in [0.25, 0.3) is 5.56 Å². The summed E-state index contributed by atoms with van der Waals surface area (Å²) in [6.45, 7) is 5.25. The first-order valence-electron chi connectivity index (χ1n) is 12.9. The summed E-state index contributed by atoms with van der Waals surface area (Å²) in [4.78, 5) is 57.1. The van der Waals surface area contributed by atoms with E-state index in [0.29, 0.717) is 37.3 Å². The van der Waals surface area contributed by atoms with Crippen molar-refractivity contribution >= 4 is 24.2 Å². The third-order valence-electron chi connectivity index (χ3n) is 5.48. The predicted octanol–water partition coefficient (Wildman–Crippen LogP) is 3.65. The summed E-state index contributed by atoms with van der Waals surface area (Å²) in [5.74, 6) is 0.00262. The lowest BCUT2D eigenvalue weighted by Gasteiger charge is -2.15. The van der Waals surface area contributed by atoms with E-state index in [2.05, 4.69) is 37.0 Å². The topological polar surface area (TPSA) is 178 Å². The van der Waals surface area contributed by atoms with Crippen molar-refractivity contribution in [1.82, 2.24) is 20.6 Å². The highest BCUT2D eigenvalue weighted by molar-refractivity contribution is 5.87. The molecule has 1 aromatic rings. The summed E-state index contributed by atoms with van der Waals surface area (Å²) in [6, 6.07) is 1.64. The number of hydrogen-bond acceptors (Lipinski definition) is 8. The number of carbonyl (C=O) groups excluding carboxylic acids is 3. The van der Waals surface area contributed by atoms with Crippen LogP contribution in [0.3, 0.4) is 0 Å². The zero-order chi connectivity index (χ0) is 27.3. The van der Waals surface area contributed by atoms with Crippen LogP contribution in [0.1, 0.15) is 88.8 Å². The number of hydrogen-bond donors (Lipinski definition) is 4. The lowest BCUT2D eigenvalue weighted by atomic mass is 10.0. The number of aliphatic imine (C=N–C) groups is 1. The van der Waals surface area contributed by atoms with E-state index in [1.165, 1.54) is 6.08 Å². The number of carbonyl (C=O) groups is 2. The summed E-state index contributed by atoms with van der Waals surface area (Å²) in [6.07, 6.45) is 8.62. The Morgan fingerprint density at radius 2 is 1.73 bits per heavy atom. The molecule has 0 aliphatic rings. The van der Waals surface area contributed by atoms with E-state index in [-0.39, 0.29) is 24.9 Å². The van der Waals surface area contributed by atoms with Crippen molar-refractivity contribution in [3.05, 3.63) is 21.6 Å². The first-order chi connectivity index (χ1) is 17.9. The van der Waals surface area contributed by atoms with Crippen LogP contribution < -0.4 is 21.5 Å². The van der Waals surface area contributed by atoms with Gasteiger partial charge in [0.15, 0.2) is 0 Å². The molecule has 0 spiro atoms. The second kappa shape index (κ2) is 19.5. The van der Waals surface area contributed by atoms with Crippen LogP contribution >= 0.6 is 0 Å². The van der Waals surface area contributed by atoms with Crippen LogP contribution in [0.4, 0.5) is 15.5 Å². The highest BCUT2D eigenvalue weighted by Gasteiger charge is 2.16. The maximum Gasteiger partial charge on any atom is 0.407 e. The molecule has 3 amide bonds. The van der Waals surface area contributed by atoms with Gasteiger partial charge < -0.3 is 20.4 Å². The van der Waals surface area contributed by atoms with Crippen LogP contribution in [0.5, 0.6) is 0 Å². The van der Waals surface area contributed by atoms with Crippen LogP contribution in [0.2, 0.25) is 0 Å². The minimum atomic E-state index is -0.545. The van der Waals surface area contributed by atoms with Gasteiger partial charge in [0.1, 0.15) is 0 Å². The Hall–Kier alpha value is -3.71. The minimum Gasteiger partial charge on any atom is -0.449 e. The Morgan fingerprint density at radius 1 is 1.05 bits per heavy atom. The monoisotopic (exact) mass is 517 g/mol. The Balaban J connectivity index is 2.45. The van der Waals surface area contributed by atoms with E-state index >= 15 is 0 Å². The third-order valence-corrected chi connectivity index (χ3v) is 5.48. The lowest BCUT2D eigenvalue weighted by molar-refractivity contribution is 0.147. The van der Waals surface area contributed by atoms with Gasteiger partial charge in [-0.15, -0.1) is 0 Å². The summed E-state index contributed by atoms with van der Waals surface area (Å²) >= 11 is 0. The van der Waals surface area contributed by atoms with Gasteiger partial charge in [0.05, 0.1) is 19.2 Å². The largest absolute Gasteiger partial charge is 0.449 e. The van der Waals surface area contributed by atoms with Crippen molar-refractivity contribution in [2.24, 2.45) is 4.99 Å². The van der Waals surface area contributed by atoms with Crippen LogP contribution in [-0.4, -0.2) is 54.4 Å². The molecule has 0 bridgehead atoms. The Labute approximate surface area is 217 Å². The number of alkyl carbamates (subject to hydrolysis) is 1. The molecular formula is C25H39N7O5. The van der Waals surface area contributed by atoms with Crippen LogP contribution in [0, 0.1) is 11.3 Å². The van der Waals surface area contributed by atoms with Gasteiger partial charge in [-0.05, 0) is 31.6 Å². The highest BCUT2D eigenvalue weighted by atomic mass is 16.5. The summed E-state index contributed by atoms with van der Waals surface area (Å²) < 4.78 is 5.19. The summed E-state index contributed by atoms with van der Waals surface area (Å²) in [5.41, 5.74) is 0.539. The quantitative estimate of drug-likeness (QED) is 0.130. The second-order valence-electron chi connectivity index (χ2n) is 8.84. The Morgan fingerprint density at radius 3 is 2.41 bits per heavy atom. The zero-order valence-electron chi connectivity index (χ0n) is 21.9. The maximum absolute atomic E-state index is 12.6. The molecule has 0 unspecified atom stereocenters. The fraction of sp³-hybridized carbons (Fsp3) is 0.680. The second-order valence-corrected chi connectivity index (χ2v) is 8.84. The molecule has 4 N–H and O–H groups in total. The normalized spacial score (nSPS) is 10.3. The zero-order valence-corrected chi connectivity index (χ0v) is 21.9. The number of nitriles is 1. The molecule has 0 saturated carbocycles. The molecule has 0 atom stereocenters. The van der Waals surface area contributed by atoms with Crippen molar-refractivity contribution in [3.63, 3.8) is 0 Å². The van der Waals surface area contributed by atoms with Crippen molar-refractivity contribution in [3.8, 4) is 6.07 Å². The highest BCUT2D eigenvalue weighted by Crippen LogP contribution is 2.16. The number of ether oxygens (including phenoxy) is 1. The van der Waals surface area contributed by atoms with E-state index < -0.39 is 17.7 Å². The van der Waals surface area contributed by atoms with Crippen molar-refractivity contribution < 1.29 is 19.1 Å². The molecule has 12 heteroatoms. The van der Waals surface area contributed by atoms with Crippen molar-refractivity contribution in [2.45, 2.75) is 84.0 Å². The molecule has 0 aliphatic heterocycles. The molecule has 0 aromatic carbocycles. The molecule has 0 aliphatic carbocycles. The third kappa shape index (κ3) is 14.4. The summed E-state index contributed by atoms with van der Waals surface area (Å²) in [7, 11) is 0. The van der Waals surface area contributed by atoms with Crippen molar-refractivity contribution in [2.75, 3.05) is 31.6 Å². The standard InChI is InChI=1S/C25H39N7O5/c1-19(2)21-20(12-17-37-25(36)29-16-11-5-3-4-8-13-26)22(34)31-23(30-21)32-24(35)28-15-10-7-6-9-14-27-18-33/h19H,3-12,14-17H2,1-2H3,(H,29,36)(H3,28,30,31,32,34,35). The van der Waals surface area contributed by atoms with Gasteiger partial charge in [-0.2, -0.15) is 10.2 Å². The fourth-order valence-corrected chi connectivity index (χ4v) is 3.55. The van der Waals surface area contributed by atoms with Gasteiger partial charge in [-0.25, -0.2) is 19.4 Å². The fourth-order valence-electron chi connectivity index (χ4n) is 3.55. The average molecular weight is 518 g/mol. The SMILES string of the molecule is CC(C)c1[nH]c(NC(=O)NCCCCCCN=C=O)nc(=O)c1CCOC(=O)NCCCCCCC#N. The minimum absolute atomic E-state index is 0.0211. The van der Waals surface area contributed by atoms with Crippen molar-refractivity contribution in [1.29, 1.82) is 5.26 Å². The van der Waals surface area contributed by atoms with E-state index in [4.69, 9.17) is 10.00 Å². The number of anilines is 1. The van der Waals surface area contributed by atoms with E-state index in [0.717, 1.165) is 51.4 Å². The van der Waals surface area contributed by atoms with E-state index in [1.54, 1.807) is 0 Å². The van der Waals surface area contributed by atoms with Gasteiger partial charge >= 0.3 is 12.1 Å². The first-order valence-corrected chi connectivity index (χ1v) is 12.9. The Bertz CT molecular complexity index is 981. The number of isocyanates is 1.